The third-order valence-corrected chi connectivity index (χ3v) is 3.69. The van der Waals surface area contributed by atoms with Crippen molar-refractivity contribution in [3.8, 4) is 0 Å². The fourth-order valence-corrected chi connectivity index (χ4v) is 2.58. The van der Waals surface area contributed by atoms with E-state index in [1.54, 1.807) is 0 Å². The van der Waals surface area contributed by atoms with Crippen molar-refractivity contribution in [1.82, 2.24) is 10.6 Å². The van der Waals surface area contributed by atoms with Gasteiger partial charge in [-0.2, -0.15) is 0 Å². The summed E-state index contributed by atoms with van der Waals surface area (Å²) in [5, 5.41) is 6.14. The van der Waals surface area contributed by atoms with Crippen molar-refractivity contribution in [2.75, 3.05) is 6.54 Å². The Morgan fingerprint density at radius 3 is 2.22 bits per heavy atom. The standard InChI is InChI=1S/C17H34N4O2/c1-16(2,3)23-15(22)21-17(4,5)12-19-14(18)20-13-10-8-6-7-9-11-13/h13H,6-12H2,1-5H3,(H,21,22)(H3,18,19,20). The van der Waals surface area contributed by atoms with Crippen molar-refractivity contribution >= 4 is 12.1 Å². The summed E-state index contributed by atoms with van der Waals surface area (Å²) < 4.78 is 5.27. The SMILES string of the molecule is CC(C)(CN=C(N)NC1CCCCCC1)NC(=O)OC(C)(C)C. The van der Waals surface area contributed by atoms with Crippen LogP contribution < -0.4 is 16.4 Å². The first-order chi connectivity index (χ1) is 10.6. The highest BCUT2D eigenvalue weighted by Gasteiger charge is 2.24. The van der Waals surface area contributed by atoms with Crippen molar-refractivity contribution in [3.05, 3.63) is 0 Å². The highest BCUT2D eigenvalue weighted by molar-refractivity contribution is 5.78. The second-order valence-electron chi connectivity index (χ2n) is 8.05. The first-order valence-electron chi connectivity index (χ1n) is 8.65. The fraction of sp³-hybridized carbons (Fsp3) is 0.882. The summed E-state index contributed by atoms with van der Waals surface area (Å²) in [5.74, 6) is 0.455. The molecule has 4 N–H and O–H groups in total. The van der Waals surface area contributed by atoms with E-state index in [0.717, 1.165) is 12.8 Å². The van der Waals surface area contributed by atoms with Crippen LogP contribution in [0.15, 0.2) is 4.99 Å². The molecule has 0 bridgehead atoms. The summed E-state index contributed by atoms with van der Waals surface area (Å²) in [5.41, 5.74) is 4.96. The van der Waals surface area contributed by atoms with Crippen LogP contribution in [0.2, 0.25) is 0 Å². The van der Waals surface area contributed by atoms with Crippen molar-refractivity contribution in [2.24, 2.45) is 10.7 Å². The van der Waals surface area contributed by atoms with E-state index in [9.17, 15) is 4.79 Å². The summed E-state index contributed by atoms with van der Waals surface area (Å²) in [6.07, 6.45) is 6.97. The van der Waals surface area contributed by atoms with Gasteiger partial charge in [-0.1, -0.05) is 25.7 Å². The number of ether oxygens (including phenoxy) is 1. The van der Waals surface area contributed by atoms with Crippen LogP contribution in [0.3, 0.4) is 0 Å². The van der Waals surface area contributed by atoms with Gasteiger partial charge >= 0.3 is 6.09 Å². The molecule has 0 unspecified atom stereocenters. The minimum absolute atomic E-state index is 0.401. The summed E-state index contributed by atoms with van der Waals surface area (Å²) in [4.78, 5) is 16.2. The molecule has 6 nitrogen and oxygen atoms in total. The van der Waals surface area contributed by atoms with Crippen molar-refractivity contribution in [3.63, 3.8) is 0 Å². The quantitative estimate of drug-likeness (QED) is 0.421. The van der Waals surface area contributed by atoms with Crippen LogP contribution in [0.1, 0.15) is 73.1 Å². The zero-order chi connectivity index (χ0) is 17.5. The van der Waals surface area contributed by atoms with Crippen molar-refractivity contribution in [2.45, 2.75) is 90.3 Å². The minimum atomic E-state index is -0.516. The van der Waals surface area contributed by atoms with Crippen LogP contribution in [0, 0.1) is 0 Å². The van der Waals surface area contributed by atoms with E-state index in [1.165, 1.54) is 25.7 Å². The van der Waals surface area contributed by atoms with Gasteiger partial charge in [0.05, 0.1) is 12.1 Å². The predicted octanol–water partition coefficient (Wildman–Crippen LogP) is 2.92. The summed E-state index contributed by atoms with van der Waals surface area (Å²) in [6, 6.07) is 0.420. The molecule has 0 spiro atoms. The number of aliphatic imine (C=N–C) groups is 1. The highest BCUT2D eigenvalue weighted by Crippen LogP contribution is 2.17. The van der Waals surface area contributed by atoms with Gasteiger partial charge < -0.3 is 21.1 Å². The van der Waals surface area contributed by atoms with Crippen LogP contribution in [-0.2, 0) is 4.74 Å². The number of carbonyl (C=O) groups excluding carboxylic acids is 1. The molecular weight excluding hydrogens is 292 g/mol. The maximum atomic E-state index is 11.8. The number of carbonyl (C=O) groups is 1. The van der Waals surface area contributed by atoms with E-state index >= 15 is 0 Å². The normalized spacial score (nSPS) is 18.2. The Bertz CT molecular complexity index is 405. The van der Waals surface area contributed by atoms with Crippen molar-refractivity contribution in [1.29, 1.82) is 0 Å². The smallest absolute Gasteiger partial charge is 0.408 e. The summed E-state index contributed by atoms with van der Waals surface area (Å²) in [7, 11) is 0. The van der Waals surface area contributed by atoms with Gasteiger partial charge in [-0.15, -0.1) is 0 Å². The number of nitrogens with one attached hydrogen (secondary N) is 2. The largest absolute Gasteiger partial charge is 0.444 e. The van der Waals surface area contributed by atoms with E-state index in [-0.39, 0.29) is 0 Å². The van der Waals surface area contributed by atoms with Gasteiger partial charge in [0.25, 0.3) is 0 Å². The molecule has 0 aromatic rings. The van der Waals surface area contributed by atoms with Gasteiger partial charge in [0, 0.05) is 6.04 Å². The van der Waals surface area contributed by atoms with Gasteiger partial charge in [0.15, 0.2) is 5.96 Å². The van der Waals surface area contributed by atoms with Crippen molar-refractivity contribution < 1.29 is 9.53 Å². The summed E-state index contributed by atoms with van der Waals surface area (Å²) in [6.45, 7) is 9.72. The number of nitrogens with two attached hydrogens (primary N) is 1. The molecule has 1 aliphatic rings. The maximum absolute atomic E-state index is 11.8. The van der Waals surface area contributed by atoms with E-state index in [1.807, 2.05) is 34.6 Å². The molecule has 134 valence electrons. The van der Waals surface area contributed by atoms with Gasteiger partial charge in [-0.25, -0.2) is 4.79 Å². The molecule has 1 aliphatic carbocycles. The molecule has 0 aromatic heterocycles. The molecule has 23 heavy (non-hydrogen) atoms. The van der Waals surface area contributed by atoms with E-state index in [2.05, 4.69) is 15.6 Å². The number of rotatable bonds is 4. The van der Waals surface area contributed by atoms with Gasteiger partial charge in [0.1, 0.15) is 5.60 Å². The lowest BCUT2D eigenvalue weighted by Crippen LogP contribution is -2.49. The summed E-state index contributed by atoms with van der Waals surface area (Å²) >= 11 is 0. The molecule has 1 saturated carbocycles. The third-order valence-electron chi connectivity index (χ3n) is 3.69. The van der Waals surface area contributed by atoms with Crippen LogP contribution >= 0.6 is 0 Å². The Morgan fingerprint density at radius 2 is 1.70 bits per heavy atom. The average molecular weight is 326 g/mol. The second-order valence-corrected chi connectivity index (χ2v) is 8.05. The lowest BCUT2D eigenvalue weighted by Gasteiger charge is -2.27. The lowest BCUT2D eigenvalue weighted by molar-refractivity contribution is 0.0476. The van der Waals surface area contributed by atoms with Gasteiger partial charge in [-0.05, 0) is 47.5 Å². The molecule has 1 amide bonds. The maximum Gasteiger partial charge on any atom is 0.408 e. The van der Waals surface area contributed by atoms with E-state index in [4.69, 9.17) is 10.5 Å². The molecule has 0 saturated heterocycles. The molecule has 0 aliphatic heterocycles. The van der Waals surface area contributed by atoms with Crippen LogP contribution in [-0.4, -0.2) is 35.8 Å². The fourth-order valence-electron chi connectivity index (χ4n) is 2.58. The molecule has 6 heteroatoms. The van der Waals surface area contributed by atoms with Crippen LogP contribution in [0.5, 0.6) is 0 Å². The first kappa shape index (κ1) is 19.6. The Kier molecular flexibility index (Phi) is 7.16. The zero-order valence-electron chi connectivity index (χ0n) is 15.4. The molecular formula is C17H34N4O2. The Morgan fingerprint density at radius 1 is 1.13 bits per heavy atom. The monoisotopic (exact) mass is 326 g/mol. The molecule has 0 aromatic carbocycles. The third kappa shape index (κ3) is 9.31. The minimum Gasteiger partial charge on any atom is -0.444 e. The number of guanidine groups is 1. The number of amides is 1. The first-order valence-corrected chi connectivity index (χ1v) is 8.65. The molecule has 0 atom stereocenters. The lowest BCUT2D eigenvalue weighted by atomic mass is 10.1. The molecule has 1 rings (SSSR count). The van der Waals surface area contributed by atoms with Crippen LogP contribution in [0.4, 0.5) is 4.79 Å². The highest BCUT2D eigenvalue weighted by atomic mass is 16.6. The Hall–Kier alpha value is -1.46. The van der Waals surface area contributed by atoms with Crippen LogP contribution in [0.25, 0.3) is 0 Å². The molecule has 0 radical (unpaired) electrons. The Labute approximate surface area is 140 Å². The number of hydrogen-bond acceptors (Lipinski definition) is 3. The van der Waals surface area contributed by atoms with E-state index < -0.39 is 17.2 Å². The zero-order valence-corrected chi connectivity index (χ0v) is 15.4. The van der Waals surface area contributed by atoms with Gasteiger partial charge in [0.2, 0.25) is 0 Å². The Balaban J connectivity index is 2.44. The topological polar surface area (TPSA) is 88.7 Å². The van der Waals surface area contributed by atoms with Gasteiger partial charge in [-0.3, -0.25) is 4.99 Å². The molecule has 1 fully saturated rings. The molecule has 0 heterocycles. The predicted molar refractivity (Wildman–Crippen MR) is 94.6 cm³/mol. The van der Waals surface area contributed by atoms with E-state index in [0.29, 0.717) is 18.5 Å². The second kappa shape index (κ2) is 8.41. The number of nitrogens with zero attached hydrogens (tertiary/aromatic N) is 1. The average Bonchev–Trinajstić information content (AvgIpc) is 2.62. The number of alkyl carbamates (subject to hydrolysis) is 1. The number of hydrogen-bond donors (Lipinski definition) is 3.